The van der Waals surface area contributed by atoms with Gasteiger partial charge in [-0.25, -0.2) is 9.38 Å². The Morgan fingerprint density at radius 2 is 2.38 bits per heavy atom. The average molecular weight is 183 g/mol. The zero-order valence-electron chi connectivity index (χ0n) is 7.63. The number of nitrogens with zero attached hydrogens (tertiary/aromatic N) is 1. The molecule has 3 nitrogen and oxygen atoms in total. The number of alkyl halides is 1. The molecule has 1 unspecified atom stereocenters. The Kier molecular flexibility index (Phi) is 2.70. The largest absolute Gasteiger partial charge is 0.399 e. The first kappa shape index (κ1) is 9.77. The third-order valence-electron chi connectivity index (χ3n) is 2.21. The fraction of sp³-hybridized carbons (Fsp3) is 0.444. The van der Waals surface area contributed by atoms with Crippen molar-refractivity contribution < 1.29 is 4.39 Å². The Hall–Kier alpha value is -1.32. The molecule has 1 rings (SSSR count). The number of halogens is 1. The summed E-state index contributed by atoms with van der Waals surface area (Å²) >= 11 is 0. The topological polar surface area (TPSA) is 64.4 Å². The quantitative estimate of drug-likeness (QED) is 0.497. The van der Waals surface area contributed by atoms with Crippen molar-refractivity contribution in [2.75, 3.05) is 0 Å². The summed E-state index contributed by atoms with van der Waals surface area (Å²) in [7, 11) is 0. The molecular formula is C9H14FN3. The minimum absolute atomic E-state index is 0.0405. The molecule has 2 atom stereocenters. The Morgan fingerprint density at radius 1 is 1.77 bits per heavy atom. The van der Waals surface area contributed by atoms with Crippen LogP contribution in [0.2, 0.25) is 0 Å². The zero-order valence-corrected chi connectivity index (χ0v) is 7.63. The van der Waals surface area contributed by atoms with Crippen LogP contribution in [0.3, 0.4) is 0 Å². The Balaban J connectivity index is 3.01. The van der Waals surface area contributed by atoms with E-state index in [1.165, 1.54) is 6.20 Å². The van der Waals surface area contributed by atoms with Gasteiger partial charge in [0.25, 0.3) is 0 Å². The van der Waals surface area contributed by atoms with Crippen LogP contribution >= 0.6 is 0 Å². The maximum atomic E-state index is 13.1. The van der Waals surface area contributed by atoms with Crippen molar-refractivity contribution in [2.45, 2.75) is 19.5 Å². The van der Waals surface area contributed by atoms with Gasteiger partial charge in [0.1, 0.15) is 12.0 Å². The molecule has 0 aliphatic heterocycles. The van der Waals surface area contributed by atoms with Crippen LogP contribution in [0.1, 0.15) is 13.3 Å². The van der Waals surface area contributed by atoms with E-state index in [2.05, 4.69) is 11.6 Å². The third-order valence-corrected chi connectivity index (χ3v) is 2.21. The van der Waals surface area contributed by atoms with Gasteiger partial charge in [-0.2, -0.15) is 0 Å². The van der Waals surface area contributed by atoms with Crippen LogP contribution < -0.4 is 11.5 Å². The summed E-state index contributed by atoms with van der Waals surface area (Å²) in [5.41, 5.74) is 12.0. The molecule has 1 aliphatic rings. The summed E-state index contributed by atoms with van der Waals surface area (Å²) in [6.45, 7) is 5.30. The standard InChI is InChI=1S/C9H14FN3/c1-3-13-9(12)7-5(2)4-6(10)8(7)11/h3,5-6H,1,4,11H2,2H3,(H2,12,13)/t5-,6?/m1/s1. The van der Waals surface area contributed by atoms with E-state index >= 15 is 0 Å². The number of nitrogens with two attached hydrogens (primary N) is 2. The highest BCUT2D eigenvalue weighted by atomic mass is 19.1. The lowest BCUT2D eigenvalue weighted by Crippen LogP contribution is -2.20. The lowest BCUT2D eigenvalue weighted by molar-refractivity contribution is 0.357. The van der Waals surface area contributed by atoms with Crippen molar-refractivity contribution >= 4 is 5.84 Å². The van der Waals surface area contributed by atoms with E-state index in [1.807, 2.05) is 6.92 Å². The van der Waals surface area contributed by atoms with Crippen LogP contribution in [-0.4, -0.2) is 12.0 Å². The fourth-order valence-electron chi connectivity index (χ4n) is 1.58. The summed E-state index contributed by atoms with van der Waals surface area (Å²) in [4.78, 5) is 3.80. The molecule has 13 heavy (non-hydrogen) atoms. The Labute approximate surface area is 77.0 Å². The van der Waals surface area contributed by atoms with Gasteiger partial charge in [-0.3, -0.25) is 0 Å². The summed E-state index contributed by atoms with van der Waals surface area (Å²) in [5, 5.41) is 0. The molecule has 1 aliphatic carbocycles. The summed E-state index contributed by atoms with van der Waals surface area (Å²) in [6.07, 6.45) is 0.645. The van der Waals surface area contributed by atoms with Crippen LogP contribution in [0.4, 0.5) is 4.39 Å². The Bertz CT molecular complexity index is 281. The van der Waals surface area contributed by atoms with E-state index in [0.29, 0.717) is 12.0 Å². The first-order chi connectivity index (χ1) is 6.07. The number of hydrogen-bond donors (Lipinski definition) is 2. The lowest BCUT2D eigenvalue weighted by atomic mass is 10.0. The van der Waals surface area contributed by atoms with Crippen molar-refractivity contribution in [1.29, 1.82) is 0 Å². The molecule has 0 radical (unpaired) electrons. The average Bonchev–Trinajstić information content (AvgIpc) is 2.27. The highest BCUT2D eigenvalue weighted by Crippen LogP contribution is 2.31. The molecule has 4 N–H and O–H groups in total. The second-order valence-electron chi connectivity index (χ2n) is 3.17. The molecule has 0 fully saturated rings. The second kappa shape index (κ2) is 3.60. The maximum Gasteiger partial charge on any atom is 0.140 e. The normalized spacial score (nSPS) is 29.5. The van der Waals surface area contributed by atoms with Crippen molar-refractivity contribution in [3.63, 3.8) is 0 Å². The SMILES string of the molecule is C=C/N=C(/N)C1=C(N)C(F)C[C@H]1C. The molecule has 72 valence electrons. The molecule has 0 saturated heterocycles. The van der Waals surface area contributed by atoms with Gasteiger partial charge in [-0.05, 0) is 12.3 Å². The minimum Gasteiger partial charge on any atom is -0.399 e. The van der Waals surface area contributed by atoms with Gasteiger partial charge in [0.15, 0.2) is 0 Å². The Morgan fingerprint density at radius 3 is 2.77 bits per heavy atom. The van der Waals surface area contributed by atoms with E-state index in [-0.39, 0.29) is 17.5 Å². The summed E-state index contributed by atoms with van der Waals surface area (Å²) in [6, 6.07) is 0. The zero-order chi connectivity index (χ0) is 10.0. The van der Waals surface area contributed by atoms with Crippen molar-refractivity contribution in [1.82, 2.24) is 0 Å². The molecular weight excluding hydrogens is 169 g/mol. The molecule has 0 heterocycles. The van der Waals surface area contributed by atoms with Crippen molar-refractivity contribution in [2.24, 2.45) is 22.4 Å². The molecule has 0 spiro atoms. The van der Waals surface area contributed by atoms with Gasteiger partial charge >= 0.3 is 0 Å². The van der Waals surface area contributed by atoms with Gasteiger partial charge in [0, 0.05) is 11.8 Å². The molecule has 0 aromatic rings. The van der Waals surface area contributed by atoms with Crippen LogP contribution in [0.5, 0.6) is 0 Å². The van der Waals surface area contributed by atoms with Gasteiger partial charge in [-0.1, -0.05) is 13.5 Å². The third kappa shape index (κ3) is 1.71. The number of amidine groups is 1. The number of rotatable bonds is 2. The second-order valence-corrected chi connectivity index (χ2v) is 3.17. The van der Waals surface area contributed by atoms with Gasteiger partial charge in [-0.15, -0.1) is 0 Å². The summed E-state index contributed by atoms with van der Waals surface area (Å²) < 4.78 is 13.1. The van der Waals surface area contributed by atoms with Crippen molar-refractivity contribution in [3.05, 3.63) is 24.0 Å². The van der Waals surface area contributed by atoms with E-state index < -0.39 is 6.17 Å². The molecule has 4 heteroatoms. The van der Waals surface area contributed by atoms with Crippen molar-refractivity contribution in [3.8, 4) is 0 Å². The number of hydrogen-bond acceptors (Lipinski definition) is 2. The highest BCUT2D eigenvalue weighted by molar-refractivity contribution is 5.99. The van der Waals surface area contributed by atoms with Crippen LogP contribution in [0, 0.1) is 5.92 Å². The van der Waals surface area contributed by atoms with Gasteiger partial charge in [0.05, 0.1) is 5.70 Å². The molecule has 0 aromatic carbocycles. The van der Waals surface area contributed by atoms with Gasteiger partial charge in [0.2, 0.25) is 0 Å². The number of aliphatic imine (C=N–C) groups is 1. The van der Waals surface area contributed by atoms with E-state index in [1.54, 1.807) is 0 Å². The molecule has 0 amide bonds. The molecule has 0 saturated carbocycles. The van der Waals surface area contributed by atoms with Crippen LogP contribution in [0.25, 0.3) is 0 Å². The highest BCUT2D eigenvalue weighted by Gasteiger charge is 2.30. The minimum atomic E-state index is -1.08. The summed E-state index contributed by atoms with van der Waals surface area (Å²) in [5.74, 6) is 0.318. The fourth-order valence-corrected chi connectivity index (χ4v) is 1.58. The smallest absolute Gasteiger partial charge is 0.140 e. The monoisotopic (exact) mass is 183 g/mol. The van der Waals surface area contributed by atoms with E-state index in [0.717, 1.165) is 0 Å². The first-order valence-electron chi connectivity index (χ1n) is 4.16. The predicted octanol–water partition coefficient (Wildman–Crippen LogP) is 1.08. The van der Waals surface area contributed by atoms with Crippen LogP contribution in [-0.2, 0) is 0 Å². The molecule has 0 bridgehead atoms. The van der Waals surface area contributed by atoms with Gasteiger partial charge < -0.3 is 11.5 Å². The van der Waals surface area contributed by atoms with E-state index in [4.69, 9.17) is 11.5 Å². The number of allylic oxidation sites excluding steroid dienone is 1. The lowest BCUT2D eigenvalue weighted by Gasteiger charge is -2.07. The molecule has 0 aromatic heterocycles. The van der Waals surface area contributed by atoms with Crippen LogP contribution in [0.15, 0.2) is 29.0 Å². The predicted molar refractivity (Wildman–Crippen MR) is 51.7 cm³/mol. The maximum absolute atomic E-state index is 13.1. The van der Waals surface area contributed by atoms with E-state index in [9.17, 15) is 4.39 Å². The first-order valence-corrected chi connectivity index (χ1v) is 4.16.